The summed E-state index contributed by atoms with van der Waals surface area (Å²) in [4.78, 5) is 37.8. The van der Waals surface area contributed by atoms with Gasteiger partial charge in [-0.25, -0.2) is 4.98 Å². The number of hydrogen-bond acceptors (Lipinski definition) is 6. The maximum atomic E-state index is 12.6. The number of para-hydroxylation sites is 1. The number of rotatable bonds is 6. The lowest BCUT2D eigenvalue weighted by Crippen LogP contribution is -2.49. The molecule has 0 bridgehead atoms. The van der Waals surface area contributed by atoms with Crippen molar-refractivity contribution in [2.75, 3.05) is 43.0 Å². The van der Waals surface area contributed by atoms with Crippen LogP contribution in [0.4, 0.5) is 11.5 Å². The molecule has 3 aromatic rings. The minimum Gasteiger partial charge on any atom is -0.493 e. The van der Waals surface area contributed by atoms with Gasteiger partial charge in [-0.2, -0.15) is 0 Å². The van der Waals surface area contributed by atoms with Crippen LogP contribution in [0.1, 0.15) is 27.8 Å². The van der Waals surface area contributed by atoms with Gasteiger partial charge in [0.15, 0.2) is 0 Å². The molecular formula is C24H25N5O3. The number of nitrogens with one attached hydrogen (secondary N) is 1. The number of ether oxygens (including phenoxy) is 1. The Morgan fingerprint density at radius 3 is 2.44 bits per heavy atom. The van der Waals surface area contributed by atoms with Gasteiger partial charge in [0.25, 0.3) is 11.8 Å². The van der Waals surface area contributed by atoms with E-state index in [1.165, 1.54) is 0 Å². The summed E-state index contributed by atoms with van der Waals surface area (Å²) in [6.45, 7) is 4.93. The Hall–Kier alpha value is -3.94. The number of amides is 2. The monoisotopic (exact) mass is 431 g/mol. The molecule has 8 nitrogen and oxygen atoms in total. The third kappa shape index (κ3) is 4.85. The van der Waals surface area contributed by atoms with Crippen LogP contribution >= 0.6 is 0 Å². The average Bonchev–Trinajstić information content (AvgIpc) is 2.85. The summed E-state index contributed by atoms with van der Waals surface area (Å²) >= 11 is 0. The van der Waals surface area contributed by atoms with Crippen LogP contribution in [-0.2, 0) is 0 Å². The zero-order valence-electron chi connectivity index (χ0n) is 17.9. The second-order valence-corrected chi connectivity index (χ2v) is 7.28. The number of benzene rings is 1. The first-order valence-corrected chi connectivity index (χ1v) is 10.6. The predicted octanol–water partition coefficient (Wildman–Crippen LogP) is 3.09. The average molecular weight is 431 g/mol. The number of pyridine rings is 2. The molecule has 0 aliphatic carbocycles. The van der Waals surface area contributed by atoms with Crippen molar-refractivity contribution in [3.05, 3.63) is 78.2 Å². The number of piperazine rings is 1. The molecule has 0 saturated carbocycles. The predicted molar refractivity (Wildman–Crippen MR) is 122 cm³/mol. The molecule has 1 aliphatic heterocycles. The smallest absolute Gasteiger partial charge is 0.272 e. The standard InChI is InChI=1S/C24H25N5O3/c1-2-32-21-9-4-3-7-19(21)23(30)27-18-10-11-22(26-17-18)28-13-15-29(16-14-28)24(31)20-8-5-6-12-25-20/h3-12,17H,2,13-16H2,1H3,(H,27,30). The van der Waals surface area contributed by atoms with Gasteiger partial charge in [0.1, 0.15) is 17.3 Å². The van der Waals surface area contributed by atoms with Crippen molar-refractivity contribution in [2.45, 2.75) is 6.92 Å². The molecule has 164 valence electrons. The Kier molecular flexibility index (Phi) is 6.60. The van der Waals surface area contributed by atoms with Crippen molar-refractivity contribution in [2.24, 2.45) is 0 Å². The molecule has 0 unspecified atom stereocenters. The molecule has 1 aliphatic rings. The third-order valence-corrected chi connectivity index (χ3v) is 5.21. The zero-order chi connectivity index (χ0) is 22.3. The van der Waals surface area contributed by atoms with Crippen LogP contribution in [-0.4, -0.2) is 59.5 Å². The molecule has 1 saturated heterocycles. The van der Waals surface area contributed by atoms with Gasteiger partial charge in [0.2, 0.25) is 0 Å². The first-order chi connectivity index (χ1) is 15.7. The topological polar surface area (TPSA) is 87.7 Å². The number of anilines is 2. The Balaban J connectivity index is 1.34. The summed E-state index contributed by atoms with van der Waals surface area (Å²) in [5.74, 6) is 1.06. The van der Waals surface area contributed by atoms with E-state index in [1.54, 1.807) is 42.7 Å². The molecule has 1 N–H and O–H groups in total. The molecular weight excluding hydrogens is 406 g/mol. The Labute approximate surface area is 186 Å². The number of aromatic nitrogens is 2. The molecule has 0 radical (unpaired) electrons. The van der Waals surface area contributed by atoms with Gasteiger partial charge in [-0.05, 0) is 43.3 Å². The first-order valence-electron chi connectivity index (χ1n) is 10.6. The number of nitrogens with zero attached hydrogens (tertiary/aromatic N) is 4. The maximum Gasteiger partial charge on any atom is 0.272 e. The highest BCUT2D eigenvalue weighted by Crippen LogP contribution is 2.21. The van der Waals surface area contributed by atoms with E-state index in [4.69, 9.17) is 4.74 Å². The van der Waals surface area contributed by atoms with E-state index in [1.807, 2.05) is 36.1 Å². The van der Waals surface area contributed by atoms with Crippen molar-refractivity contribution >= 4 is 23.3 Å². The van der Waals surface area contributed by atoms with Crippen molar-refractivity contribution in [1.82, 2.24) is 14.9 Å². The van der Waals surface area contributed by atoms with Crippen LogP contribution in [0.2, 0.25) is 0 Å². The highest BCUT2D eigenvalue weighted by Gasteiger charge is 2.23. The fourth-order valence-corrected chi connectivity index (χ4v) is 3.57. The van der Waals surface area contributed by atoms with Crippen LogP contribution < -0.4 is 15.0 Å². The van der Waals surface area contributed by atoms with Gasteiger partial charge >= 0.3 is 0 Å². The summed E-state index contributed by atoms with van der Waals surface area (Å²) in [6.07, 6.45) is 3.27. The molecule has 0 spiro atoms. The van der Waals surface area contributed by atoms with Crippen LogP contribution in [0, 0.1) is 0 Å². The van der Waals surface area contributed by atoms with Crippen LogP contribution in [0.25, 0.3) is 0 Å². The van der Waals surface area contributed by atoms with Crippen LogP contribution in [0.3, 0.4) is 0 Å². The summed E-state index contributed by atoms with van der Waals surface area (Å²) in [5, 5.41) is 2.87. The van der Waals surface area contributed by atoms with Crippen molar-refractivity contribution < 1.29 is 14.3 Å². The molecule has 32 heavy (non-hydrogen) atoms. The van der Waals surface area contributed by atoms with E-state index in [0.29, 0.717) is 55.5 Å². The maximum absolute atomic E-state index is 12.6. The number of hydrogen-bond donors (Lipinski definition) is 1. The first kappa shape index (κ1) is 21.3. The lowest BCUT2D eigenvalue weighted by Gasteiger charge is -2.35. The van der Waals surface area contributed by atoms with Gasteiger partial charge in [0, 0.05) is 32.4 Å². The Bertz CT molecular complexity index is 1060. The molecule has 1 fully saturated rings. The zero-order valence-corrected chi connectivity index (χ0v) is 17.9. The normalized spacial score (nSPS) is 13.5. The second kappa shape index (κ2) is 9.91. The van der Waals surface area contributed by atoms with E-state index in [2.05, 4.69) is 20.2 Å². The quantitative estimate of drug-likeness (QED) is 0.645. The van der Waals surface area contributed by atoms with E-state index >= 15 is 0 Å². The minimum absolute atomic E-state index is 0.0522. The minimum atomic E-state index is -0.245. The summed E-state index contributed by atoms with van der Waals surface area (Å²) < 4.78 is 5.53. The lowest BCUT2D eigenvalue weighted by atomic mass is 10.2. The summed E-state index contributed by atoms with van der Waals surface area (Å²) in [5.41, 5.74) is 1.55. The third-order valence-electron chi connectivity index (χ3n) is 5.21. The lowest BCUT2D eigenvalue weighted by molar-refractivity contribution is 0.0740. The van der Waals surface area contributed by atoms with Gasteiger partial charge in [0.05, 0.1) is 24.1 Å². The molecule has 3 heterocycles. The highest BCUT2D eigenvalue weighted by molar-refractivity contribution is 6.06. The Morgan fingerprint density at radius 2 is 1.75 bits per heavy atom. The molecule has 1 aromatic carbocycles. The molecule has 0 atom stereocenters. The van der Waals surface area contributed by atoms with Gasteiger partial charge in [-0.1, -0.05) is 18.2 Å². The van der Waals surface area contributed by atoms with Crippen LogP contribution in [0.5, 0.6) is 5.75 Å². The van der Waals surface area contributed by atoms with Gasteiger partial charge in [-0.3, -0.25) is 14.6 Å². The number of carbonyl (C=O) groups is 2. The fraction of sp³-hybridized carbons (Fsp3) is 0.250. The molecule has 8 heteroatoms. The van der Waals surface area contributed by atoms with E-state index in [-0.39, 0.29) is 11.8 Å². The largest absolute Gasteiger partial charge is 0.493 e. The van der Waals surface area contributed by atoms with E-state index < -0.39 is 0 Å². The highest BCUT2D eigenvalue weighted by atomic mass is 16.5. The fourth-order valence-electron chi connectivity index (χ4n) is 3.57. The molecule has 2 amide bonds. The Morgan fingerprint density at radius 1 is 0.969 bits per heavy atom. The SMILES string of the molecule is CCOc1ccccc1C(=O)Nc1ccc(N2CCN(C(=O)c3ccccn3)CC2)nc1. The van der Waals surface area contributed by atoms with E-state index in [9.17, 15) is 9.59 Å². The van der Waals surface area contributed by atoms with Crippen molar-refractivity contribution in [3.8, 4) is 5.75 Å². The van der Waals surface area contributed by atoms with Gasteiger partial charge in [-0.15, -0.1) is 0 Å². The van der Waals surface area contributed by atoms with Crippen molar-refractivity contribution in [1.29, 1.82) is 0 Å². The second-order valence-electron chi connectivity index (χ2n) is 7.28. The van der Waals surface area contributed by atoms with Crippen molar-refractivity contribution in [3.63, 3.8) is 0 Å². The summed E-state index contributed by atoms with van der Waals surface area (Å²) in [6, 6.07) is 16.2. The van der Waals surface area contributed by atoms with Gasteiger partial charge < -0.3 is 19.9 Å². The molecule has 2 aromatic heterocycles. The van der Waals surface area contributed by atoms with E-state index in [0.717, 1.165) is 5.82 Å². The number of carbonyl (C=O) groups excluding carboxylic acids is 2. The van der Waals surface area contributed by atoms with Crippen LogP contribution in [0.15, 0.2) is 67.0 Å². The molecule has 4 rings (SSSR count). The summed E-state index contributed by atoms with van der Waals surface area (Å²) in [7, 11) is 0.